The van der Waals surface area contributed by atoms with Crippen molar-refractivity contribution in [2.75, 3.05) is 13.2 Å². The second-order valence-corrected chi connectivity index (χ2v) is 18.5. The fraction of sp³-hybridized carbons (Fsp3) is 0.721. The van der Waals surface area contributed by atoms with E-state index in [0.717, 1.165) is 96.3 Å². The van der Waals surface area contributed by atoms with Crippen molar-refractivity contribution < 1.29 is 28.6 Å². The summed E-state index contributed by atoms with van der Waals surface area (Å²) in [6.07, 6.45) is 71.5. The van der Waals surface area contributed by atoms with Gasteiger partial charge in [0.2, 0.25) is 0 Å². The lowest BCUT2D eigenvalue weighted by atomic mass is 10.0. The van der Waals surface area contributed by atoms with E-state index in [2.05, 4.69) is 106 Å². The van der Waals surface area contributed by atoms with E-state index in [1.165, 1.54) is 122 Å². The highest BCUT2D eigenvalue weighted by Gasteiger charge is 2.19. The SMILES string of the molecule is CC/C=C\C/C=C\C/C=C\C/C=C\CCCCCCC(=O)O[C@H](COC(=O)CCC/C=C\C/C=C\C/C=C\CCCCCCCC)COC(=O)CCCCCCCCCCCCCCCCC. The summed E-state index contributed by atoms with van der Waals surface area (Å²) < 4.78 is 16.8. The van der Waals surface area contributed by atoms with Crippen molar-refractivity contribution in [3.05, 3.63) is 85.1 Å². The first-order valence-electron chi connectivity index (χ1n) is 28.1. The highest BCUT2D eigenvalue weighted by Crippen LogP contribution is 2.15. The molecule has 6 nitrogen and oxygen atoms in total. The van der Waals surface area contributed by atoms with Crippen LogP contribution in [0, 0.1) is 0 Å². The van der Waals surface area contributed by atoms with Crippen LogP contribution < -0.4 is 0 Å². The lowest BCUT2D eigenvalue weighted by molar-refractivity contribution is -0.167. The zero-order valence-electron chi connectivity index (χ0n) is 43.9. The summed E-state index contributed by atoms with van der Waals surface area (Å²) in [4.78, 5) is 38.1. The molecule has 0 amide bonds. The number of hydrogen-bond donors (Lipinski definition) is 0. The summed E-state index contributed by atoms with van der Waals surface area (Å²) in [6.45, 7) is 6.47. The van der Waals surface area contributed by atoms with Gasteiger partial charge in [-0.1, -0.05) is 241 Å². The molecule has 0 spiro atoms. The molecule has 0 saturated carbocycles. The molecule has 384 valence electrons. The zero-order chi connectivity index (χ0) is 48.6. The van der Waals surface area contributed by atoms with Gasteiger partial charge in [-0.3, -0.25) is 14.4 Å². The molecular formula is C61H104O6. The van der Waals surface area contributed by atoms with Crippen molar-refractivity contribution in [1.82, 2.24) is 0 Å². The molecule has 0 saturated heterocycles. The number of hydrogen-bond acceptors (Lipinski definition) is 6. The number of rotatable bonds is 50. The van der Waals surface area contributed by atoms with Crippen molar-refractivity contribution in [3.63, 3.8) is 0 Å². The Morgan fingerprint density at radius 2 is 0.597 bits per heavy atom. The lowest BCUT2D eigenvalue weighted by Crippen LogP contribution is -2.30. The topological polar surface area (TPSA) is 78.9 Å². The second-order valence-electron chi connectivity index (χ2n) is 18.5. The molecule has 0 unspecified atom stereocenters. The van der Waals surface area contributed by atoms with Crippen LogP contribution in [0.3, 0.4) is 0 Å². The number of carbonyl (C=O) groups is 3. The first-order chi connectivity index (χ1) is 33.0. The summed E-state index contributed by atoms with van der Waals surface area (Å²) in [6, 6.07) is 0. The Hall–Kier alpha value is -3.41. The number of carbonyl (C=O) groups excluding carboxylic acids is 3. The molecule has 0 rings (SSSR count). The summed E-state index contributed by atoms with van der Waals surface area (Å²) >= 11 is 0. The predicted octanol–water partition coefficient (Wildman–Crippen LogP) is 18.8. The normalized spacial score (nSPS) is 12.7. The summed E-state index contributed by atoms with van der Waals surface area (Å²) in [7, 11) is 0. The molecule has 0 aromatic carbocycles. The van der Waals surface area contributed by atoms with E-state index in [1.807, 2.05) is 0 Å². The van der Waals surface area contributed by atoms with Crippen LogP contribution in [0.1, 0.15) is 265 Å². The summed E-state index contributed by atoms with van der Waals surface area (Å²) in [5.41, 5.74) is 0. The van der Waals surface area contributed by atoms with E-state index < -0.39 is 6.10 Å². The second kappa shape index (κ2) is 55.2. The molecule has 0 fully saturated rings. The molecule has 0 heterocycles. The molecule has 0 radical (unpaired) electrons. The van der Waals surface area contributed by atoms with Crippen LogP contribution in [0.2, 0.25) is 0 Å². The van der Waals surface area contributed by atoms with Crippen LogP contribution in [-0.2, 0) is 28.6 Å². The van der Waals surface area contributed by atoms with Crippen LogP contribution in [0.4, 0.5) is 0 Å². The number of unbranched alkanes of at least 4 members (excludes halogenated alkanes) is 25. The largest absolute Gasteiger partial charge is 0.462 e. The zero-order valence-corrected chi connectivity index (χ0v) is 43.9. The minimum Gasteiger partial charge on any atom is -0.462 e. The summed E-state index contributed by atoms with van der Waals surface area (Å²) in [5.74, 6) is -0.974. The van der Waals surface area contributed by atoms with Gasteiger partial charge in [0, 0.05) is 19.3 Å². The minimum atomic E-state index is -0.809. The Bertz CT molecular complexity index is 1300. The fourth-order valence-corrected chi connectivity index (χ4v) is 7.68. The third kappa shape index (κ3) is 53.4. The molecule has 0 aromatic heterocycles. The first kappa shape index (κ1) is 63.6. The van der Waals surface area contributed by atoms with E-state index in [4.69, 9.17) is 14.2 Å². The summed E-state index contributed by atoms with van der Waals surface area (Å²) in [5, 5.41) is 0. The Morgan fingerprint density at radius 3 is 0.970 bits per heavy atom. The Kier molecular flexibility index (Phi) is 52.4. The molecule has 0 N–H and O–H groups in total. The highest BCUT2D eigenvalue weighted by molar-refractivity contribution is 5.71. The monoisotopic (exact) mass is 933 g/mol. The molecule has 0 aliphatic carbocycles. The van der Waals surface area contributed by atoms with E-state index >= 15 is 0 Å². The Balaban J connectivity index is 4.50. The Labute approximate surface area is 414 Å². The van der Waals surface area contributed by atoms with Gasteiger partial charge in [-0.05, 0) is 89.9 Å². The van der Waals surface area contributed by atoms with Gasteiger partial charge in [-0.25, -0.2) is 0 Å². The van der Waals surface area contributed by atoms with Crippen LogP contribution in [0.5, 0.6) is 0 Å². The molecule has 6 heteroatoms. The van der Waals surface area contributed by atoms with Gasteiger partial charge in [-0.15, -0.1) is 0 Å². The average Bonchev–Trinajstić information content (AvgIpc) is 3.33. The van der Waals surface area contributed by atoms with E-state index in [-0.39, 0.29) is 37.5 Å². The van der Waals surface area contributed by atoms with E-state index in [0.29, 0.717) is 19.3 Å². The van der Waals surface area contributed by atoms with Gasteiger partial charge in [0.25, 0.3) is 0 Å². The molecule has 67 heavy (non-hydrogen) atoms. The number of allylic oxidation sites excluding steroid dienone is 14. The van der Waals surface area contributed by atoms with E-state index in [9.17, 15) is 14.4 Å². The average molecular weight is 933 g/mol. The van der Waals surface area contributed by atoms with Gasteiger partial charge in [0.1, 0.15) is 13.2 Å². The molecule has 0 aromatic rings. The first-order valence-corrected chi connectivity index (χ1v) is 28.1. The fourth-order valence-electron chi connectivity index (χ4n) is 7.68. The molecule has 0 aliphatic heterocycles. The quantitative estimate of drug-likeness (QED) is 0.0262. The van der Waals surface area contributed by atoms with Gasteiger partial charge < -0.3 is 14.2 Å². The van der Waals surface area contributed by atoms with Gasteiger partial charge in [0.05, 0.1) is 0 Å². The number of esters is 3. The third-order valence-corrected chi connectivity index (χ3v) is 11.9. The van der Waals surface area contributed by atoms with Crippen LogP contribution in [0.25, 0.3) is 0 Å². The maximum absolute atomic E-state index is 12.8. The third-order valence-electron chi connectivity index (χ3n) is 11.9. The van der Waals surface area contributed by atoms with Crippen molar-refractivity contribution >= 4 is 17.9 Å². The maximum Gasteiger partial charge on any atom is 0.306 e. The lowest BCUT2D eigenvalue weighted by Gasteiger charge is -2.18. The number of ether oxygens (including phenoxy) is 3. The highest BCUT2D eigenvalue weighted by atomic mass is 16.6. The predicted molar refractivity (Wildman–Crippen MR) is 288 cm³/mol. The molecule has 0 bridgehead atoms. The van der Waals surface area contributed by atoms with Crippen LogP contribution in [-0.4, -0.2) is 37.2 Å². The van der Waals surface area contributed by atoms with Crippen molar-refractivity contribution in [2.24, 2.45) is 0 Å². The van der Waals surface area contributed by atoms with Crippen molar-refractivity contribution in [3.8, 4) is 0 Å². The van der Waals surface area contributed by atoms with Crippen LogP contribution >= 0.6 is 0 Å². The van der Waals surface area contributed by atoms with Crippen molar-refractivity contribution in [2.45, 2.75) is 271 Å². The maximum atomic E-state index is 12.8. The van der Waals surface area contributed by atoms with Crippen LogP contribution in [0.15, 0.2) is 85.1 Å². The molecular weight excluding hydrogens is 829 g/mol. The Morgan fingerprint density at radius 1 is 0.313 bits per heavy atom. The van der Waals surface area contributed by atoms with Gasteiger partial charge in [-0.2, -0.15) is 0 Å². The molecule has 0 aliphatic rings. The van der Waals surface area contributed by atoms with Gasteiger partial charge >= 0.3 is 17.9 Å². The smallest absolute Gasteiger partial charge is 0.306 e. The van der Waals surface area contributed by atoms with Crippen molar-refractivity contribution in [1.29, 1.82) is 0 Å². The molecule has 1 atom stereocenters. The van der Waals surface area contributed by atoms with E-state index in [1.54, 1.807) is 0 Å². The van der Waals surface area contributed by atoms with Gasteiger partial charge in [0.15, 0.2) is 6.10 Å². The standard InChI is InChI=1S/C61H104O6/c1-4-7-10-13-16-19-22-25-28-30-33-36-39-42-45-48-51-54-60(63)66-57-58(56-65-59(62)53-50-47-44-41-38-35-32-27-24-21-18-15-12-9-6-3)67-61(64)55-52-49-46-43-40-37-34-31-29-26-23-20-17-14-11-8-5-2/h8,11,17,20,25-26,28-29,33-34,36-37,42,45,58H,4-7,9-10,12-16,18-19,21-24,27,30-32,35,38-41,43-44,46-57H2,1-3H3/b11-8-,20-17-,28-25-,29-26-,36-33-,37-34-,45-42-/t58-/m0/s1. The minimum absolute atomic E-state index is 0.101.